The molecule has 0 radical (unpaired) electrons. The Morgan fingerprint density at radius 3 is 2.48 bits per heavy atom. The first-order chi connectivity index (χ1) is 9.84. The first kappa shape index (κ1) is 15.1. The number of amides is 1. The van der Waals surface area contributed by atoms with Crippen molar-refractivity contribution in [2.45, 2.75) is 13.0 Å². The Kier molecular flexibility index (Phi) is 3.99. The quantitative estimate of drug-likeness (QED) is 0.883. The fraction of sp³-hybridized carbons (Fsp3) is 0.214. The zero-order valence-electron chi connectivity index (χ0n) is 11.0. The van der Waals surface area contributed by atoms with E-state index in [4.69, 9.17) is 16.7 Å². The molecule has 1 aromatic carbocycles. The van der Waals surface area contributed by atoms with E-state index in [0.29, 0.717) is 5.56 Å². The number of carbonyl (C=O) groups is 3. The minimum absolute atomic E-state index is 0.144. The average molecular weight is 310 g/mol. The number of halogens is 1. The molecular weight excluding hydrogens is 298 g/mol. The molecule has 21 heavy (non-hydrogen) atoms. The summed E-state index contributed by atoms with van der Waals surface area (Å²) < 4.78 is 0. The predicted octanol–water partition coefficient (Wildman–Crippen LogP) is 1.71. The highest BCUT2D eigenvalue weighted by Crippen LogP contribution is 2.39. The maximum atomic E-state index is 12.0. The highest BCUT2D eigenvalue weighted by atomic mass is 35.5. The maximum Gasteiger partial charge on any atom is 0.323 e. The zero-order chi connectivity index (χ0) is 15.7. The molecule has 6 nitrogen and oxygen atoms in total. The molecule has 0 saturated heterocycles. The van der Waals surface area contributed by atoms with Gasteiger partial charge in [0.15, 0.2) is 11.5 Å². The summed E-state index contributed by atoms with van der Waals surface area (Å²) in [6.07, 6.45) is 0. The van der Waals surface area contributed by atoms with Crippen LogP contribution in [0.3, 0.4) is 0 Å². The van der Waals surface area contributed by atoms with Crippen molar-refractivity contribution < 1.29 is 24.6 Å². The maximum absolute atomic E-state index is 12.0. The van der Waals surface area contributed by atoms with Gasteiger partial charge in [0.1, 0.15) is 6.54 Å². The van der Waals surface area contributed by atoms with Gasteiger partial charge in [0.05, 0.1) is 11.6 Å². The summed E-state index contributed by atoms with van der Waals surface area (Å²) in [4.78, 5) is 35.6. The Morgan fingerprint density at radius 2 is 1.95 bits per heavy atom. The first-order valence-corrected chi connectivity index (χ1v) is 6.43. The number of rotatable bonds is 4. The van der Waals surface area contributed by atoms with Gasteiger partial charge >= 0.3 is 5.97 Å². The number of hydrogen-bond acceptors (Lipinski definition) is 4. The summed E-state index contributed by atoms with van der Waals surface area (Å²) in [6, 6.07) is 5.46. The largest absolute Gasteiger partial charge is 0.503 e. The van der Waals surface area contributed by atoms with Crippen LogP contribution in [0.25, 0.3) is 0 Å². The van der Waals surface area contributed by atoms with Gasteiger partial charge in [0, 0.05) is 5.02 Å². The molecule has 1 aromatic rings. The van der Waals surface area contributed by atoms with Crippen LogP contribution in [-0.4, -0.2) is 39.3 Å². The van der Waals surface area contributed by atoms with Crippen molar-refractivity contribution in [3.63, 3.8) is 0 Å². The van der Waals surface area contributed by atoms with E-state index in [2.05, 4.69) is 0 Å². The number of aliphatic hydroxyl groups excluding tert-OH is 1. The number of nitrogens with zero attached hydrogens (tertiary/aromatic N) is 1. The van der Waals surface area contributed by atoms with E-state index in [1.54, 1.807) is 24.3 Å². The Labute approximate surface area is 125 Å². The van der Waals surface area contributed by atoms with Crippen LogP contribution in [-0.2, 0) is 14.4 Å². The van der Waals surface area contributed by atoms with E-state index in [0.717, 1.165) is 4.90 Å². The van der Waals surface area contributed by atoms with Gasteiger partial charge < -0.3 is 15.1 Å². The van der Waals surface area contributed by atoms with E-state index in [1.807, 2.05) is 0 Å². The molecule has 1 aliphatic heterocycles. The van der Waals surface area contributed by atoms with Gasteiger partial charge in [-0.2, -0.15) is 0 Å². The number of aliphatic hydroxyl groups is 1. The minimum atomic E-state index is -1.25. The van der Waals surface area contributed by atoms with Crippen LogP contribution in [0.2, 0.25) is 5.02 Å². The summed E-state index contributed by atoms with van der Waals surface area (Å²) in [6.45, 7) is 0.558. The lowest BCUT2D eigenvalue weighted by atomic mass is 9.97. The number of hydrogen-bond donors (Lipinski definition) is 2. The Bertz CT molecular complexity index is 667. The number of ketones is 1. The summed E-state index contributed by atoms with van der Waals surface area (Å²) in [5, 5.41) is 19.1. The molecule has 0 spiro atoms. The van der Waals surface area contributed by atoms with Gasteiger partial charge in [-0.05, 0) is 18.6 Å². The number of Topliss-reactive ketones (excluding diaryl/α,β-unsaturated/α-hetero) is 1. The number of carboxylic acid groups (broad SMARTS) is 1. The van der Waals surface area contributed by atoms with Crippen molar-refractivity contribution in [1.29, 1.82) is 0 Å². The fourth-order valence-electron chi connectivity index (χ4n) is 2.34. The molecule has 2 rings (SSSR count). The molecule has 1 heterocycles. The van der Waals surface area contributed by atoms with Crippen molar-refractivity contribution in [2.75, 3.05) is 6.54 Å². The molecule has 0 aromatic heterocycles. The molecule has 0 bridgehead atoms. The van der Waals surface area contributed by atoms with Crippen LogP contribution in [0.4, 0.5) is 0 Å². The van der Waals surface area contributed by atoms with Gasteiger partial charge in [-0.15, -0.1) is 0 Å². The van der Waals surface area contributed by atoms with Crippen molar-refractivity contribution in [2.24, 2.45) is 0 Å². The van der Waals surface area contributed by atoms with Crippen LogP contribution < -0.4 is 0 Å². The third-order valence-corrected chi connectivity index (χ3v) is 3.53. The lowest BCUT2D eigenvalue weighted by Gasteiger charge is -2.25. The van der Waals surface area contributed by atoms with Crippen molar-refractivity contribution in [3.05, 3.63) is 46.2 Å². The number of benzene rings is 1. The summed E-state index contributed by atoms with van der Waals surface area (Å²) in [7, 11) is 0. The van der Waals surface area contributed by atoms with Gasteiger partial charge in [-0.25, -0.2) is 0 Å². The molecule has 7 heteroatoms. The monoisotopic (exact) mass is 309 g/mol. The van der Waals surface area contributed by atoms with E-state index in [9.17, 15) is 19.5 Å². The van der Waals surface area contributed by atoms with Crippen LogP contribution in [0.5, 0.6) is 0 Å². The lowest BCUT2D eigenvalue weighted by Crippen LogP contribution is -2.35. The second-order valence-electron chi connectivity index (χ2n) is 4.57. The molecule has 110 valence electrons. The molecular formula is C14H12ClNO5. The van der Waals surface area contributed by atoms with Crippen LogP contribution >= 0.6 is 11.6 Å². The third kappa shape index (κ3) is 2.62. The summed E-state index contributed by atoms with van der Waals surface area (Å²) in [5.74, 6) is -3.39. The number of carboxylic acids is 1. The molecule has 2 N–H and O–H groups in total. The second-order valence-corrected chi connectivity index (χ2v) is 4.98. The molecule has 0 saturated carbocycles. The fourth-order valence-corrected chi connectivity index (χ4v) is 2.58. The van der Waals surface area contributed by atoms with Gasteiger partial charge in [0.25, 0.3) is 5.91 Å². The number of carbonyl (C=O) groups excluding carboxylic acids is 2. The van der Waals surface area contributed by atoms with Gasteiger partial charge in [-0.3, -0.25) is 14.4 Å². The smallest absolute Gasteiger partial charge is 0.323 e. The van der Waals surface area contributed by atoms with Crippen molar-refractivity contribution in [1.82, 2.24) is 4.90 Å². The van der Waals surface area contributed by atoms with Gasteiger partial charge in [0.2, 0.25) is 0 Å². The van der Waals surface area contributed by atoms with Crippen molar-refractivity contribution in [3.8, 4) is 0 Å². The average Bonchev–Trinajstić information content (AvgIpc) is 2.63. The van der Waals surface area contributed by atoms with E-state index < -0.39 is 36.0 Å². The highest BCUT2D eigenvalue weighted by Gasteiger charge is 2.43. The van der Waals surface area contributed by atoms with E-state index in [-0.39, 0.29) is 10.6 Å². The predicted molar refractivity (Wildman–Crippen MR) is 73.9 cm³/mol. The standard InChI is InChI=1S/C14H12ClNO5/c1-7(17)11-12(8-4-2-3-5-9(8)15)16(6-10(18)19)14(21)13(11)20/h2-5,12,20H,6H2,1H3,(H,18,19)/t12-/m1/s1. The van der Waals surface area contributed by atoms with Gasteiger partial charge in [-0.1, -0.05) is 29.8 Å². The van der Waals surface area contributed by atoms with E-state index in [1.165, 1.54) is 6.92 Å². The van der Waals surface area contributed by atoms with E-state index >= 15 is 0 Å². The third-order valence-electron chi connectivity index (χ3n) is 3.19. The lowest BCUT2D eigenvalue weighted by molar-refractivity contribution is -0.144. The van der Waals surface area contributed by atoms with Crippen LogP contribution in [0.1, 0.15) is 18.5 Å². The van der Waals surface area contributed by atoms with Crippen LogP contribution in [0.15, 0.2) is 35.6 Å². The minimum Gasteiger partial charge on any atom is -0.503 e. The Morgan fingerprint density at radius 1 is 1.33 bits per heavy atom. The molecule has 1 atom stereocenters. The molecule has 0 aliphatic carbocycles. The summed E-state index contributed by atoms with van der Waals surface area (Å²) in [5.41, 5.74) is 0.248. The SMILES string of the molecule is CC(=O)C1=C(O)C(=O)N(CC(=O)O)[C@@H]1c1ccccc1Cl. The summed E-state index contributed by atoms with van der Waals surface area (Å²) >= 11 is 6.07. The zero-order valence-corrected chi connectivity index (χ0v) is 11.8. The topological polar surface area (TPSA) is 94.9 Å². The van der Waals surface area contributed by atoms with Crippen LogP contribution in [0, 0.1) is 0 Å². The Hall–Kier alpha value is -2.34. The molecule has 1 amide bonds. The molecule has 0 unspecified atom stereocenters. The molecule has 0 fully saturated rings. The molecule has 1 aliphatic rings. The number of aliphatic carboxylic acids is 1. The first-order valence-electron chi connectivity index (χ1n) is 6.05. The van der Waals surface area contributed by atoms with Crippen molar-refractivity contribution >= 4 is 29.3 Å². The normalized spacial score (nSPS) is 18.3. The Balaban J connectivity index is 2.60. The second kappa shape index (κ2) is 5.57. The highest BCUT2D eigenvalue weighted by molar-refractivity contribution is 6.31.